The third-order valence-corrected chi connectivity index (χ3v) is 6.74. The van der Waals surface area contributed by atoms with Crippen molar-refractivity contribution in [3.05, 3.63) is 63.5 Å². The maximum atomic E-state index is 13.4. The third-order valence-electron chi connectivity index (χ3n) is 4.42. The molecule has 0 aliphatic carbocycles. The third kappa shape index (κ3) is 4.92. The number of aromatic nitrogens is 3. The molecule has 1 aromatic carbocycles. The van der Waals surface area contributed by atoms with E-state index in [0.29, 0.717) is 26.9 Å². The first kappa shape index (κ1) is 21.8. The molecule has 0 saturated heterocycles. The molecule has 0 aliphatic heterocycles. The van der Waals surface area contributed by atoms with Gasteiger partial charge in [0.15, 0.2) is 5.16 Å². The molecule has 3 heterocycles. The molecule has 0 fully saturated rings. The first-order chi connectivity index (χ1) is 14.7. The summed E-state index contributed by atoms with van der Waals surface area (Å²) >= 11 is 8.60. The van der Waals surface area contributed by atoms with E-state index in [1.807, 2.05) is 45.0 Å². The van der Waals surface area contributed by atoms with Crippen LogP contribution in [0.15, 0.2) is 52.5 Å². The van der Waals surface area contributed by atoms with Gasteiger partial charge in [0.2, 0.25) is 5.91 Å². The number of benzene rings is 1. The molecule has 0 aliphatic rings. The second-order valence-corrected chi connectivity index (χ2v) is 10.5. The van der Waals surface area contributed by atoms with Gasteiger partial charge in [-0.05, 0) is 50.6 Å². The van der Waals surface area contributed by atoms with Gasteiger partial charge < -0.3 is 5.32 Å². The van der Waals surface area contributed by atoms with Crippen molar-refractivity contribution in [2.45, 2.75) is 38.0 Å². The van der Waals surface area contributed by atoms with E-state index in [-0.39, 0.29) is 22.8 Å². The van der Waals surface area contributed by atoms with Crippen LogP contribution in [0.25, 0.3) is 20.4 Å². The molecule has 0 spiro atoms. The lowest BCUT2D eigenvalue weighted by atomic mass is 10.1. The van der Waals surface area contributed by atoms with Crippen molar-refractivity contribution >= 4 is 61.0 Å². The Kier molecular flexibility index (Phi) is 6.05. The molecular formula is C22H21ClN4O2S2. The lowest BCUT2D eigenvalue weighted by molar-refractivity contribution is -0.119. The number of thioether (sulfide) groups is 1. The fourth-order valence-electron chi connectivity index (χ4n) is 3.15. The van der Waals surface area contributed by atoms with E-state index in [4.69, 9.17) is 16.6 Å². The number of hydrogen-bond donors (Lipinski definition) is 1. The highest BCUT2D eigenvalue weighted by Crippen LogP contribution is 2.30. The highest BCUT2D eigenvalue weighted by Gasteiger charge is 2.19. The Balaban J connectivity index is 1.78. The summed E-state index contributed by atoms with van der Waals surface area (Å²) in [7, 11) is 0. The summed E-state index contributed by atoms with van der Waals surface area (Å²) in [4.78, 5) is 35.7. The minimum Gasteiger partial charge on any atom is -0.351 e. The second-order valence-electron chi connectivity index (χ2n) is 8.13. The zero-order valence-corrected chi connectivity index (χ0v) is 19.7. The van der Waals surface area contributed by atoms with Gasteiger partial charge in [0.05, 0.1) is 17.8 Å². The predicted octanol–water partition coefficient (Wildman–Crippen LogP) is 4.71. The van der Waals surface area contributed by atoms with Crippen LogP contribution in [-0.2, 0) is 11.3 Å². The number of hydrogen-bond acceptors (Lipinski definition) is 6. The minimum atomic E-state index is -0.326. The summed E-state index contributed by atoms with van der Waals surface area (Å²) in [5.74, 6) is 0.0533. The normalized spacial score (nSPS) is 11.9. The lowest BCUT2D eigenvalue weighted by Gasteiger charge is -2.20. The summed E-state index contributed by atoms with van der Waals surface area (Å²) in [6.07, 6.45) is 1.70. The fraction of sp³-hybridized carbons (Fsp3) is 0.273. The number of carbonyl (C=O) groups is 1. The molecule has 3 aromatic heterocycles. The van der Waals surface area contributed by atoms with Gasteiger partial charge in [-0.25, -0.2) is 9.97 Å². The Morgan fingerprint density at radius 2 is 1.97 bits per heavy atom. The molecule has 0 atom stereocenters. The molecule has 4 rings (SSSR count). The van der Waals surface area contributed by atoms with E-state index < -0.39 is 0 Å². The van der Waals surface area contributed by atoms with Crippen LogP contribution in [0.1, 0.15) is 26.3 Å². The lowest BCUT2D eigenvalue weighted by Crippen LogP contribution is -2.41. The highest BCUT2D eigenvalue weighted by atomic mass is 35.5. The van der Waals surface area contributed by atoms with Crippen LogP contribution in [0.3, 0.4) is 0 Å². The first-order valence-electron chi connectivity index (χ1n) is 9.67. The van der Waals surface area contributed by atoms with Crippen LogP contribution < -0.4 is 10.9 Å². The standard InChI is InChI=1S/C22H21ClN4O2S2/c1-22(2,3)26-16(28)12-30-21-25-17-15-5-4-10-24-19(15)31-18(17)20(29)27(21)11-13-6-8-14(23)9-7-13/h4-10H,11-12H2,1-3H3,(H,26,28). The Bertz CT molecular complexity index is 1320. The predicted molar refractivity (Wildman–Crippen MR) is 128 cm³/mol. The van der Waals surface area contributed by atoms with E-state index in [2.05, 4.69) is 10.3 Å². The molecule has 0 unspecified atom stereocenters. The summed E-state index contributed by atoms with van der Waals surface area (Å²) in [5, 5.41) is 4.92. The van der Waals surface area contributed by atoms with Gasteiger partial charge in [-0.1, -0.05) is 35.5 Å². The van der Waals surface area contributed by atoms with E-state index in [0.717, 1.165) is 15.8 Å². The van der Waals surface area contributed by atoms with E-state index in [1.54, 1.807) is 22.9 Å². The average Bonchev–Trinajstić information content (AvgIpc) is 3.08. The van der Waals surface area contributed by atoms with Gasteiger partial charge in [-0.15, -0.1) is 11.3 Å². The number of rotatable bonds is 5. The zero-order valence-electron chi connectivity index (χ0n) is 17.3. The number of halogens is 1. The number of amides is 1. The van der Waals surface area contributed by atoms with Gasteiger partial charge in [-0.2, -0.15) is 0 Å². The van der Waals surface area contributed by atoms with Gasteiger partial charge in [0, 0.05) is 22.1 Å². The van der Waals surface area contributed by atoms with Gasteiger partial charge in [0.1, 0.15) is 9.53 Å². The Hall–Kier alpha value is -2.42. The molecule has 4 aromatic rings. The minimum absolute atomic E-state index is 0.110. The quantitative estimate of drug-likeness (QED) is 0.336. The molecule has 0 radical (unpaired) electrons. The van der Waals surface area contributed by atoms with Crippen molar-refractivity contribution < 1.29 is 4.79 Å². The van der Waals surface area contributed by atoms with E-state index in [1.165, 1.54) is 23.1 Å². The van der Waals surface area contributed by atoms with Crippen molar-refractivity contribution in [2.75, 3.05) is 5.75 Å². The van der Waals surface area contributed by atoms with Crippen LogP contribution in [0.2, 0.25) is 5.02 Å². The largest absolute Gasteiger partial charge is 0.351 e. The molecule has 0 saturated carbocycles. The maximum Gasteiger partial charge on any atom is 0.272 e. The van der Waals surface area contributed by atoms with Gasteiger partial charge >= 0.3 is 0 Å². The van der Waals surface area contributed by atoms with Gasteiger partial charge in [0.25, 0.3) is 5.56 Å². The van der Waals surface area contributed by atoms with Crippen molar-refractivity contribution in [3.63, 3.8) is 0 Å². The topological polar surface area (TPSA) is 76.9 Å². The molecule has 6 nitrogen and oxygen atoms in total. The molecule has 9 heteroatoms. The van der Waals surface area contributed by atoms with Crippen molar-refractivity contribution in [3.8, 4) is 0 Å². The van der Waals surface area contributed by atoms with Crippen LogP contribution >= 0.6 is 34.7 Å². The Morgan fingerprint density at radius 1 is 1.23 bits per heavy atom. The van der Waals surface area contributed by atoms with Crippen LogP contribution in [0.5, 0.6) is 0 Å². The number of nitrogens with zero attached hydrogens (tertiary/aromatic N) is 3. The monoisotopic (exact) mass is 472 g/mol. The number of fused-ring (bicyclic) bond motifs is 3. The Labute approximate surface area is 192 Å². The van der Waals surface area contributed by atoms with Crippen LogP contribution in [0.4, 0.5) is 0 Å². The number of thiophene rings is 1. The highest BCUT2D eigenvalue weighted by molar-refractivity contribution is 7.99. The number of pyridine rings is 1. The molecular weight excluding hydrogens is 452 g/mol. The molecule has 1 amide bonds. The SMILES string of the molecule is CC(C)(C)NC(=O)CSc1nc2c(sc3ncccc32)c(=O)n1Cc1ccc(Cl)cc1. The summed E-state index contributed by atoms with van der Waals surface area (Å²) in [6.45, 7) is 6.13. The zero-order chi connectivity index (χ0) is 22.2. The van der Waals surface area contributed by atoms with Crippen molar-refractivity contribution in [1.82, 2.24) is 19.9 Å². The maximum absolute atomic E-state index is 13.4. The number of carbonyl (C=O) groups excluding carboxylic acids is 1. The summed E-state index contributed by atoms with van der Waals surface area (Å²) in [6, 6.07) is 11.1. The van der Waals surface area contributed by atoms with Gasteiger partial charge in [-0.3, -0.25) is 14.2 Å². The number of nitrogens with one attached hydrogen (secondary N) is 1. The molecule has 160 valence electrons. The summed E-state index contributed by atoms with van der Waals surface area (Å²) < 4.78 is 2.18. The molecule has 1 N–H and O–H groups in total. The first-order valence-corrected chi connectivity index (χ1v) is 11.9. The van der Waals surface area contributed by atoms with Crippen LogP contribution in [-0.4, -0.2) is 31.7 Å². The van der Waals surface area contributed by atoms with Crippen molar-refractivity contribution in [2.24, 2.45) is 0 Å². The smallest absolute Gasteiger partial charge is 0.272 e. The van der Waals surface area contributed by atoms with E-state index in [9.17, 15) is 9.59 Å². The Morgan fingerprint density at radius 3 is 2.68 bits per heavy atom. The summed E-state index contributed by atoms with van der Waals surface area (Å²) in [5.41, 5.74) is 1.09. The fourth-order valence-corrected chi connectivity index (χ4v) is 5.10. The van der Waals surface area contributed by atoms with E-state index >= 15 is 0 Å². The molecule has 31 heavy (non-hydrogen) atoms. The van der Waals surface area contributed by atoms with Crippen molar-refractivity contribution in [1.29, 1.82) is 0 Å². The average molecular weight is 473 g/mol. The second kappa shape index (κ2) is 8.61. The van der Waals surface area contributed by atoms with Crippen LogP contribution in [0, 0.1) is 0 Å². The molecule has 0 bridgehead atoms.